The van der Waals surface area contributed by atoms with Gasteiger partial charge in [-0.1, -0.05) is 26.0 Å². The number of anilines is 1. The van der Waals surface area contributed by atoms with Crippen molar-refractivity contribution in [3.63, 3.8) is 0 Å². The van der Waals surface area contributed by atoms with Crippen molar-refractivity contribution in [2.45, 2.75) is 72.0 Å². The smallest absolute Gasteiger partial charge is 0.191 e. The molecule has 176 valence electrons. The van der Waals surface area contributed by atoms with Gasteiger partial charge in [-0.3, -0.25) is 0 Å². The minimum Gasteiger partial charge on any atom is -0.372 e. The maximum Gasteiger partial charge on any atom is 0.191 e. The molecule has 1 fully saturated rings. The lowest BCUT2D eigenvalue weighted by Crippen LogP contribution is -2.47. The second kappa shape index (κ2) is 11.9. The van der Waals surface area contributed by atoms with E-state index in [9.17, 15) is 0 Å². The van der Waals surface area contributed by atoms with Crippen LogP contribution in [0.15, 0.2) is 29.3 Å². The van der Waals surface area contributed by atoms with E-state index in [-0.39, 0.29) is 24.0 Å². The van der Waals surface area contributed by atoms with Crippen molar-refractivity contribution < 1.29 is 0 Å². The second-order valence-electron chi connectivity index (χ2n) is 8.89. The van der Waals surface area contributed by atoms with Crippen molar-refractivity contribution in [3.8, 4) is 0 Å². The van der Waals surface area contributed by atoms with Gasteiger partial charge in [0, 0.05) is 44.2 Å². The fourth-order valence-electron chi connectivity index (χ4n) is 4.39. The maximum atomic E-state index is 4.84. The lowest BCUT2D eigenvalue weighted by atomic mass is 9.99. The lowest BCUT2D eigenvalue weighted by Gasteiger charge is -2.32. The van der Waals surface area contributed by atoms with E-state index in [1.165, 1.54) is 37.2 Å². The molecule has 0 amide bonds. The van der Waals surface area contributed by atoms with Crippen LogP contribution in [0.5, 0.6) is 0 Å². The minimum atomic E-state index is 0. The van der Waals surface area contributed by atoms with E-state index in [1.54, 1.807) is 0 Å². The third kappa shape index (κ3) is 6.36. The number of hydrogen-bond acceptors (Lipinski definition) is 4. The van der Waals surface area contributed by atoms with Crippen LogP contribution in [-0.4, -0.2) is 46.4 Å². The van der Waals surface area contributed by atoms with Crippen LogP contribution in [0, 0.1) is 5.92 Å². The van der Waals surface area contributed by atoms with E-state index in [0.717, 1.165) is 55.9 Å². The van der Waals surface area contributed by atoms with Crippen molar-refractivity contribution in [3.05, 3.63) is 41.5 Å². The van der Waals surface area contributed by atoms with Gasteiger partial charge in [0.2, 0.25) is 0 Å². The van der Waals surface area contributed by atoms with E-state index >= 15 is 0 Å². The zero-order valence-corrected chi connectivity index (χ0v) is 22.0. The third-order valence-electron chi connectivity index (χ3n) is 6.41. The topological polar surface area (TPSA) is 70.4 Å². The van der Waals surface area contributed by atoms with Gasteiger partial charge < -0.3 is 15.5 Å². The summed E-state index contributed by atoms with van der Waals surface area (Å²) in [4.78, 5) is 12.0. The molecule has 8 heteroatoms. The van der Waals surface area contributed by atoms with Gasteiger partial charge >= 0.3 is 0 Å². The highest BCUT2D eigenvalue weighted by molar-refractivity contribution is 14.0. The molecule has 1 aromatic carbocycles. The summed E-state index contributed by atoms with van der Waals surface area (Å²) >= 11 is 0. The van der Waals surface area contributed by atoms with Gasteiger partial charge in [0.15, 0.2) is 11.8 Å². The number of hydrogen-bond donors (Lipinski definition) is 2. The number of benzene rings is 1. The number of aliphatic imine (C=N–C) groups is 1. The number of nitrogens with one attached hydrogen (secondary N) is 2. The van der Waals surface area contributed by atoms with Gasteiger partial charge in [-0.25, -0.2) is 14.7 Å². The Bertz CT molecular complexity index is 869. The maximum absolute atomic E-state index is 4.84. The molecular weight excluding hydrogens is 513 g/mol. The Labute approximate surface area is 209 Å². The summed E-state index contributed by atoms with van der Waals surface area (Å²) in [6.45, 7) is 11.3. The van der Waals surface area contributed by atoms with Crippen LogP contribution in [0.3, 0.4) is 0 Å². The molecule has 4 rings (SSSR count). The van der Waals surface area contributed by atoms with Crippen LogP contribution < -0.4 is 15.5 Å². The van der Waals surface area contributed by atoms with Gasteiger partial charge in [0.05, 0.1) is 13.1 Å². The van der Waals surface area contributed by atoms with E-state index in [4.69, 9.17) is 4.99 Å². The molecule has 0 saturated carbocycles. The molecule has 2 N–H and O–H groups in total. The number of rotatable bonds is 6. The average Bonchev–Trinajstić information content (AvgIpc) is 3.21. The van der Waals surface area contributed by atoms with Gasteiger partial charge in [0.1, 0.15) is 5.82 Å². The molecule has 1 saturated heterocycles. The van der Waals surface area contributed by atoms with Gasteiger partial charge in [0.25, 0.3) is 0 Å². The van der Waals surface area contributed by atoms with Crippen LogP contribution in [0.4, 0.5) is 5.69 Å². The Balaban J connectivity index is 0.00000289. The molecule has 0 spiro atoms. The first-order valence-electron chi connectivity index (χ1n) is 12.0. The molecule has 1 atom stereocenters. The molecule has 1 unspecified atom stereocenters. The molecule has 2 aromatic rings. The van der Waals surface area contributed by atoms with Crippen molar-refractivity contribution in [1.29, 1.82) is 0 Å². The summed E-state index contributed by atoms with van der Waals surface area (Å²) in [6, 6.07) is 9.25. The largest absolute Gasteiger partial charge is 0.372 e. The summed E-state index contributed by atoms with van der Waals surface area (Å²) in [6.07, 6.45) is 5.48. The monoisotopic (exact) mass is 551 g/mol. The molecule has 2 aliphatic heterocycles. The highest BCUT2D eigenvalue weighted by atomic mass is 127. The standard InChI is InChI=1S/C24H37N7.HI/c1-4-22-28-23-11-8-20(17-31(23)29-22)27-24(25-5-2)26-16-19-6-9-21(10-7-19)30-14-12-18(3)13-15-30;/h6-7,9-10,18,20H,4-5,8,11-17H2,1-3H3,(H2,25,26,27);1H. The van der Waals surface area contributed by atoms with E-state index in [2.05, 4.69) is 75.3 Å². The van der Waals surface area contributed by atoms with Crippen LogP contribution in [0.2, 0.25) is 0 Å². The highest BCUT2D eigenvalue weighted by Crippen LogP contribution is 2.23. The summed E-state index contributed by atoms with van der Waals surface area (Å²) in [5, 5.41) is 11.6. The number of halogens is 1. The molecule has 0 aliphatic carbocycles. The first-order valence-corrected chi connectivity index (χ1v) is 12.0. The first-order chi connectivity index (χ1) is 15.1. The van der Waals surface area contributed by atoms with Crippen LogP contribution >= 0.6 is 24.0 Å². The van der Waals surface area contributed by atoms with Gasteiger partial charge in [-0.15, -0.1) is 24.0 Å². The van der Waals surface area contributed by atoms with Crippen molar-refractivity contribution in [2.75, 3.05) is 24.5 Å². The van der Waals surface area contributed by atoms with Crippen LogP contribution in [-0.2, 0) is 25.9 Å². The van der Waals surface area contributed by atoms with Gasteiger partial charge in [-0.05, 0) is 49.8 Å². The normalized spacial score (nSPS) is 19.3. The average molecular weight is 552 g/mol. The lowest BCUT2D eigenvalue weighted by molar-refractivity contribution is 0.392. The fraction of sp³-hybridized carbons (Fsp3) is 0.625. The number of fused-ring (bicyclic) bond motifs is 1. The molecule has 1 aromatic heterocycles. The molecule has 3 heterocycles. The molecule has 32 heavy (non-hydrogen) atoms. The second-order valence-corrected chi connectivity index (χ2v) is 8.89. The zero-order valence-electron chi connectivity index (χ0n) is 19.7. The Morgan fingerprint density at radius 2 is 1.88 bits per heavy atom. The first kappa shape index (κ1) is 24.8. The Morgan fingerprint density at radius 1 is 1.12 bits per heavy atom. The van der Waals surface area contributed by atoms with E-state index < -0.39 is 0 Å². The van der Waals surface area contributed by atoms with Gasteiger partial charge in [-0.2, -0.15) is 5.10 Å². The molecule has 0 bridgehead atoms. The summed E-state index contributed by atoms with van der Waals surface area (Å²) in [5.74, 6) is 3.79. The Kier molecular flexibility index (Phi) is 9.19. The predicted octanol–water partition coefficient (Wildman–Crippen LogP) is 3.76. The quantitative estimate of drug-likeness (QED) is 0.325. The number of guanidine groups is 1. The number of piperidine rings is 1. The number of aromatic nitrogens is 3. The summed E-state index contributed by atoms with van der Waals surface area (Å²) in [7, 11) is 0. The predicted molar refractivity (Wildman–Crippen MR) is 142 cm³/mol. The summed E-state index contributed by atoms with van der Waals surface area (Å²) in [5.41, 5.74) is 2.57. The summed E-state index contributed by atoms with van der Waals surface area (Å²) < 4.78 is 2.06. The Morgan fingerprint density at radius 3 is 2.56 bits per heavy atom. The highest BCUT2D eigenvalue weighted by Gasteiger charge is 2.22. The van der Waals surface area contributed by atoms with Crippen LogP contribution in [0.1, 0.15) is 57.2 Å². The third-order valence-corrected chi connectivity index (χ3v) is 6.41. The van der Waals surface area contributed by atoms with Crippen LogP contribution in [0.25, 0.3) is 0 Å². The van der Waals surface area contributed by atoms with Crippen molar-refractivity contribution in [2.24, 2.45) is 10.9 Å². The van der Waals surface area contributed by atoms with Crippen molar-refractivity contribution >= 4 is 35.6 Å². The molecule has 0 radical (unpaired) electrons. The van der Waals surface area contributed by atoms with E-state index in [1.807, 2.05) is 0 Å². The molecular formula is C24H38IN7. The molecule has 2 aliphatic rings. The SMILES string of the molecule is CCNC(=NCc1ccc(N2CCC(C)CC2)cc1)NC1CCc2nc(CC)nn2C1.I. The van der Waals surface area contributed by atoms with E-state index in [0.29, 0.717) is 12.6 Å². The Hall–Kier alpha value is -1.84. The number of aryl methyl sites for hydroxylation is 2. The van der Waals surface area contributed by atoms with Crippen molar-refractivity contribution in [1.82, 2.24) is 25.4 Å². The minimum absolute atomic E-state index is 0. The molecule has 7 nitrogen and oxygen atoms in total. The zero-order chi connectivity index (χ0) is 21.6. The fourth-order valence-corrected chi connectivity index (χ4v) is 4.39. The number of nitrogens with zero attached hydrogens (tertiary/aromatic N) is 5.